The van der Waals surface area contributed by atoms with Crippen LogP contribution in [0.2, 0.25) is 0 Å². The summed E-state index contributed by atoms with van der Waals surface area (Å²) in [6, 6.07) is 6.51. The number of ketones is 1. The van der Waals surface area contributed by atoms with E-state index >= 15 is 0 Å². The van der Waals surface area contributed by atoms with Crippen LogP contribution in [0.3, 0.4) is 0 Å². The predicted octanol–water partition coefficient (Wildman–Crippen LogP) is 3.24. The lowest BCUT2D eigenvalue weighted by Gasteiger charge is -2.20. The summed E-state index contributed by atoms with van der Waals surface area (Å²) in [5, 5.41) is 8.27. The fourth-order valence-corrected chi connectivity index (χ4v) is 3.92. The van der Waals surface area contributed by atoms with Gasteiger partial charge >= 0.3 is 0 Å². The van der Waals surface area contributed by atoms with Crippen molar-refractivity contribution in [3.05, 3.63) is 53.6 Å². The van der Waals surface area contributed by atoms with E-state index in [9.17, 15) is 9.18 Å². The van der Waals surface area contributed by atoms with E-state index in [1.165, 1.54) is 25.0 Å². The standard InChI is InChI=1S/C22H26FN5O/c1-27(2)14-12-19(29)20-18-11-13-24-22(25-17-5-3-4-6-17)28(18)26-21(20)15-7-9-16(23)10-8-15/h7-10,12,14,17H,3-6,11,13H2,1-2H3,(H,24,25)/b14-12+. The number of allylic oxidation sites excluding steroid dienone is 1. The normalized spacial score (nSPS) is 16.7. The first kappa shape index (κ1) is 19.4. The van der Waals surface area contributed by atoms with Gasteiger partial charge in [-0.1, -0.05) is 12.8 Å². The third-order valence-electron chi connectivity index (χ3n) is 5.37. The predicted molar refractivity (Wildman–Crippen MR) is 112 cm³/mol. The zero-order valence-electron chi connectivity index (χ0n) is 16.9. The van der Waals surface area contributed by atoms with Crippen molar-refractivity contribution in [2.45, 2.75) is 38.1 Å². The Balaban J connectivity index is 1.77. The van der Waals surface area contributed by atoms with E-state index in [2.05, 4.69) is 10.3 Å². The van der Waals surface area contributed by atoms with Crippen LogP contribution >= 0.6 is 0 Å². The van der Waals surface area contributed by atoms with Gasteiger partial charge in [0.2, 0.25) is 5.96 Å². The van der Waals surface area contributed by atoms with Crippen LogP contribution < -0.4 is 5.32 Å². The molecule has 2 aromatic rings. The SMILES string of the molecule is CN(C)/C=C/C(=O)c1c(-c2ccc(F)cc2)nn2c1CCN=C2NC1CCCC1. The highest BCUT2D eigenvalue weighted by Gasteiger charge is 2.28. The first-order valence-electron chi connectivity index (χ1n) is 10.1. The first-order chi connectivity index (χ1) is 14.0. The van der Waals surface area contributed by atoms with Crippen LogP contribution in [-0.2, 0) is 6.42 Å². The van der Waals surface area contributed by atoms with Crippen molar-refractivity contribution < 1.29 is 9.18 Å². The van der Waals surface area contributed by atoms with Crippen LogP contribution in [0.1, 0.15) is 41.7 Å². The number of aromatic nitrogens is 2. The quantitative estimate of drug-likeness (QED) is 0.624. The zero-order chi connectivity index (χ0) is 20.4. The van der Waals surface area contributed by atoms with Gasteiger partial charge in [-0.05, 0) is 37.1 Å². The van der Waals surface area contributed by atoms with Gasteiger partial charge in [0.05, 0.1) is 11.3 Å². The lowest BCUT2D eigenvalue weighted by atomic mass is 10.0. The second-order valence-electron chi connectivity index (χ2n) is 7.81. The van der Waals surface area contributed by atoms with Crippen LogP contribution in [0, 0.1) is 5.82 Å². The third-order valence-corrected chi connectivity index (χ3v) is 5.37. The number of carbonyl (C=O) groups excluding carboxylic acids is 1. The molecule has 1 aliphatic heterocycles. The average Bonchev–Trinajstić information content (AvgIpc) is 3.35. The Morgan fingerprint density at radius 1 is 1.24 bits per heavy atom. The highest BCUT2D eigenvalue weighted by atomic mass is 19.1. The van der Waals surface area contributed by atoms with Crippen molar-refractivity contribution in [1.82, 2.24) is 20.0 Å². The van der Waals surface area contributed by atoms with Gasteiger partial charge in [-0.25, -0.2) is 9.07 Å². The molecule has 6 nitrogen and oxygen atoms in total. The van der Waals surface area contributed by atoms with Gasteiger partial charge in [-0.15, -0.1) is 0 Å². The van der Waals surface area contributed by atoms with Gasteiger partial charge in [0.15, 0.2) is 5.78 Å². The molecule has 1 aliphatic carbocycles. The van der Waals surface area contributed by atoms with E-state index in [0.29, 0.717) is 36.2 Å². The number of hydrogen-bond donors (Lipinski definition) is 1. The number of benzene rings is 1. The van der Waals surface area contributed by atoms with Crippen LogP contribution in [0.15, 0.2) is 41.5 Å². The molecule has 1 aromatic carbocycles. The summed E-state index contributed by atoms with van der Waals surface area (Å²) in [6.07, 6.45) is 8.61. The van der Waals surface area contributed by atoms with Crippen molar-refractivity contribution in [1.29, 1.82) is 0 Å². The van der Waals surface area contributed by atoms with Crippen molar-refractivity contribution in [3.63, 3.8) is 0 Å². The Morgan fingerprint density at radius 3 is 2.66 bits per heavy atom. The molecule has 152 valence electrons. The Bertz CT molecular complexity index is 952. The summed E-state index contributed by atoms with van der Waals surface area (Å²) in [5.41, 5.74) is 2.70. The Kier molecular flexibility index (Phi) is 5.47. The van der Waals surface area contributed by atoms with E-state index in [1.807, 2.05) is 19.0 Å². The van der Waals surface area contributed by atoms with E-state index in [-0.39, 0.29) is 11.6 Å². The largest absolute Gasteiger partial charge is 0.383 e. The average molecular weight is 395 g/mol. The first-order valence-corrected chi connectivity index (χ1v) is 10.1. The molecular weight excluding hydrogens is 369 g/mol. The van der Waals surface area contributed by atoms with Crippen LogP contribution in [-0.4, -0.2) is 53.1 Å². The number of nitrogens with one attached hydrogen (secondary N) is 1. The molecule has 0 radical (unpaired) electrons. The summed E-state index contributed by atoms with van der Waals surface area (Å²) in [6.45, 7) is 0.612. The van der Waals surface area contributed by atoms with Crippen molar-refractivity contribution in [2.24, 2.45) is 4.99 Å². The maximum Gasteiger partial charge on any atom is 0.219 e. The number of nitrogens with zero attached hydrogens (tertiary/aromatic N) is 4. The van der Waals surface area contributed by atoms with Gasteiger partial charge in [0, 0.05) is 50.9 Å². The monoisotopic (exact) mass is 395 g/mol. The van der Waals surface area contributed by atoms with Crippen molar-refractivity contribution in [3.8, 4) is 11.3 Å². The molecule has 1 fully saturated rings. The molecule has 1 N–H and O–H groups in total. The maximum atomic E-state index is 13.4. The fourth-order valence-electron chi connectivity index (χ4n) is 3.92. The van der Waals surface area contributed by atoms with Crippen LogP contribution in [0.5, 0.6) is 0 Å². The highest BCUT2D eigenvalue weighted by molar-refractivity contribution is 6.10. The summed E-state index contributed by atoms with van der Waals surface area (Å²) in [5.74, 6) is 0.279. The lowest BCUT2D eigenvalue weighted by Crippen LogP contribution is -2.40. The molecule has 0 spiro atoms. The Hall–Kier alpha value is -2.96. The van der Waals surface area contributed by atoms with E-state index in [4.69, 9.17) is 5.10 Å². The Morgan fingerprint density at radius 2 is 1.97 bits per heavy atom. The molecule has 0 saturated heterocycles. The smallest absolute Gasteiger partial charge is 0.219 e. The molecule has 0 bridgehead atoms. The maximum absolute atomic E-state index is 13.4. The minimum absolute atomic E-state index is 0.110. The Labute approximate surface area is 170 Å². The van der Waals surface area contributed by atoms with Gasteiger partial charge < -0.3 is 10.2 Å². The van der Waals surface area contributed by atoms with Crippen LogP contribution in [0.25, 0.3) is 11.3 Å². The molecule has 1 aromatic heterocycles. The summed E-state index contributed by atoms with van der Waals surface area (Å²) in [4.78, 5) is 19.6. The number of fused-ring (bicyclic) bond motifs is 1. The topological polar surface area (TPSA) is 62.5 Å². The molecule has 0 unspecified atom stereocenters. The number of rotatable bonds is 5. The number of carbonyl (C=O) groups is 1. The van der Waals surface area contributed by atoms with Gasteiger partial charge in [0.25, 0.3) is 0 Å². The molecule has 29 heavy (non-hydrogen) atoms. The van der Waals surface area contributed by atoms with Crippen molar-refractivity contribution in [2.75, 3.05) is 20.6 Å². The highest BCUT2D eigenvalue weighted by Crippen LogP contribution is 2.29. The molecule has 2 aliphatic rings. The van der Waals surface area contributed by atoms with E-state index in [1.54, 1.807) is 29.1 Å². The zero-order valence-corrected chi connectivity index (χ0v) is 16.9. The molecule has 4 rings (SSSR count). The number of hydrogen-bond acceptors (Lipinski definition) is 5. The van der Waals surface area contributed by atoms with E-state index < -0.39 is 0 Å². The second-order valence-corrected chi connectivity index (χ2v) is 7.81. The third kappa shape index (κ3) is 4.09. The molecule has 1 saturated carbocycles. The molecule has 2 heterocycles. The van der Waals surface area contributed by atoms with Crippen molar-refractivity contribution >= 4 is 11.7 Å². The molecule has 7 heteroatoms. The minimum Gasteiger partial charge on any atom is -0.383 e. The molecule has 0 amide bonds. The summed E-state index contributed by atoms with van der Waals surface area (Å²) in [7, 11) is 3.74. The molecular formula is C22H26FN5O. The number of aliphatic imine (C=N–C) groups is 1. The second kappa shape index (κ2) is 8.19. The molecule has 0 atom stereocenters. The summed E-state index contributed by atoms with van der Waals surface area (Å²) >= 11 is 0. The van der Waals surface area contributed by atoms with E-state index in [0.717, 1.165) is 24.1 Å². The minimum atomic E-state index is -0.316. The lowest BCUT2D eigenvalue weighted by molar-refractivity contribution is 0.104. The van der Waals surface area contributed by atoms with Gasteiger partial charge in [0.1, 0.15) is 11.5 Å². The van der Waals surface area contributed by atoms with Gasteiger partial charge in [-0.3, -0.25) is 9.79 Å². The van der Waals surface area contributed by atoms with Gasteiger partial charge in [-0.2, -0.15) is 5.10 Å². The van der Waals surface area contributed by atoms with Crippen LogP contribution in [0.4, 0.5) is 4.39 Å². The summed E-state index contributed by atoms with van der Waals surface area (Å²) < 4.78 is 15.2. The number of halogens is 1. The fraction of sp³-hybridized carbons (Fsp3) is 0.409.